The molecule has 0 saturated heterocycles. The first kappa shape index (κ1) is 15.5. The van der Waals surface area contributed by atoms with E-state index < -0.39 is 0 Å². The van der Waals surface area contributed by atoms with Crippen LogP contribution in [-0.2, 0) is 4.79 Å². The average Bonchev–Trinajstić information content (AvgIpc) is 2.29. The van der Waals surface area contributed by atoms with E-state index >= 15 is 0 Å². The predicted molar refractivity (Wildman–Crippen MR) is 78.5 cm³/mol. The van der Waals surface area contributed by atoms with Crippen LogP contribution in [0.15, 0.2) is 27.8 Å². The van der Waals surface area contributed by atoms with Crippen molar-refractivity contribution in [1.82, 2.24) is 10.3 Å². The van der Waals surface area contributed by atoms with Crippen LogP contribution in [0.3, 0.4) is 0 Å². The maximum absolute atomic E-state index is 11.3. The Hall–Kier alpha value is -0.590. The molecule has 18 heavy (non-hydrogen) atoms. The molecule has 1 aromatic heterocycles. The van der Waals surface area contributed by atoms with Crippen molar-refractivity contribution in [2.45, 2.75) is 37.4 Å². The minimum Gasteiger partial charge on any atom is -0.368 e. The number of amides is 1. The fourth-order valence-corrected chi connectivity index (χ4v) is 2.95. The number of pyridine rings is 1. The van der Waals surface area contributed by atoms with E-state index in [1.807, 2.05) is 26.0 Å². The summed E-state index contributed by atoms with van der Waals surface area (Å²) >= 11 is 5.06. The van der Waals surface area contributed by atoms with E-state index in [1.165, 1.54) is 0 Å². The summed E-state index contributed by atoms with van der Waals surface area (Å²) in [6.45, 7) is 4.00. The third-order valence-electron chi connectivity index (χ3n) is 2.25. The molecule has 100 valence electrons. The molecule has 0 saturated carbocycles. The summed E-state index contributed by atoms with van der Waals surface area (Å²) in [6, 6.07) is 3.79. The maximum Gasteiger partial charge on any atom is 0.234 e. The first-order valence-corrected chi connectivity index (χ1v) is 7.57. The number of carbonyl (C=O) groups is 1. The van der Waals surface area contributed by atoms with E-state index in [0.717, 1.165) is 15.3 Å². The van der Waals surface area contributed by atoms with Gasteiger partial charge in [-0.15, -0.1) is 11.8 Å². The number of nitrogens with two attached hydrogens (primary N) is 1. The standard InChI is InChI=1S/C12H18BrN3OS/c1-8(2)16-10(11(14)17)5-7-18-12-9(13)4-3-6-15-12/h3-4,6,8,10,16H,5,7H2,1-2H3,(H2,14,17). The number of carbonyl (C=O) groups excluding carboxylic acids is 1. The summed E-state index contributed by atoms with van der Waals surface area (Å²) in [5.41, 5.74) is 5.36. The first-order chi connectivity index (χ1) is 8.50. The molecule has 0 aliphatic carbocycles. The zero-order valence-electron chi connectivity index (χ0n) is 10.5. The van der Waals surface area contributed by atoms with Gasteiger partial charge < -0.3 is 11.1 Å². The van der Waals surface area contributed by atoms with E-state index in [4.69, 9.17) is 5.73 Å². The van der Waals surface area contributed by atoms with Crippen LogP contribution in [0.5, 0.6) is 0 Å². The highest BCUT2D eigenvalue weighted by molar-refractivity contribution is 9.10. The number of primary amides is 1. The Labute approximate surface area is 120 Å². The van der Waals surface area contributed by atoms with Crippen LogP contribution < -0.4 is 11.1 Å². The molecule has 4 nitrogen and oxygen atoms in total. The van der Waals surface area contributed by atoms with Gasteiger partial charge in [0.25, 0.3) is 0 Å². The monoisotopic (exact) mass is 331 g/mol. The van der Waals surface area contributed by atoms with E-state index in [0.29, 0.717) is 6.42 Å². The molecule has 0 aliphatic heterocycles. The Bertz CT molecular complexity index is 401. The van der Waals surface area contributed by atoms with Crippen molar-refractivity contribution in [3.63, 3.8) is 0 Å². The fraction of sp³-hybridized carbons (Fsp3) is 0.500. The quantitative estimate of drug-likeness (QED) is 0.751. The summed E-state index contributed by atoms with van der Waals surface area (Å²) in [7, 11) is 0. The van der Waals surface area contributed by atoms with Crippen molar-refractivity contribution in [2.75, 3.05) is 5.75 Å². The van der Waals surface area contributed by atoms with E-state index in [1.54, 1.807) is 18.0 Å². The molecule has 1 amide bonds. The van der Waals surface area contributed by atoms with Gasteiger partial charge in [0.2, 0.25) is 5.91 Å². The lowest BCUT2D eigenvalue weighted by Gasteiger charge is -2.17. The highest BCUT2D eigenvalue weighted by Crippen LogP contribution is 2.25. The van der Waals surface area contributed by atoms with Gasteiger partial charge in [0, 0.05) is 22.5 Å². The molecule has 0 bridgehead atoms. The van der Waals surface area contributed by atoms with Crippen LogP contribution in [0.2, 0.25) is 0 Å². The molecule has 0 aliphatic rings. The number of thioether (sulfide) groups is 1. The lowest BCUT2D eigenvalue weighted by atomic mass is 10.2. The molecule has 1 rings (SSSR count). The highest BCUT2D eigenvalue weighted by Gasteiger charge is 2.15. The van der Waals surface area contributed by atoms with Gasteiger partial charge in [-0.25, -0.2) is 4.98 Å². The lowest BCUT2D eigenvalue weighted by molar-refractivity contribution is -0.120. The van der Waals surface area contributed by atoms with Crippen LogP contribution in [0, 0.1) is 0 Å². The number of hydrogen-bond acceptors (Lipinski definition) is 4. The summed E-state index contributed by atoms with van der Waals surface area (Å²) in [6.07, 6.45) is 2.45. The summed E-state index contributed by atoms with van der Waals surface area (Å²) in [5.74, 6) is 0.493. The Kier molecular flexibility index (Phi) is 6.67. The molecule has 0 radical (unpaired) electrons. The van der Waals surface area contributed by atoms with Crippen LogP contribution >= 0.6 is 27.7 Å². The molecule has 1 aromatic rings. The molecule has 0 aromatic carbocycles. The van der Waals surface area contributed by atoms with Crippen molar-refractivity contribution in [2.24, 2.45) is 5.73 Å². The Morgan fingerprint density at radius 1 is 1.61 bits per heavy atom. The number of nitrogens with zero attached hydrogens (tertiary/aromatic N) is 1. The van der Waals surface area contributed by atoms with Crippen molar-refractivity contribution < 1.29 is 4.79 Å². The molecule has 0 spiro atoms. The van der Waals surface area contributed by atoms with Gasteiger partial charge in [0.1, 0.15) is 5.03 Å². The van der Waals surface area contributed by atoms with Gasteiger partial charge in [0.05, 0.1) is 6.04 Å². The van der Waals surface area contributed by atoms with Crippen molar-refractivity contribution in [1.29, 1.82) is 0 Å². The molecule has 6 heteroatoms. The van der Waals surface area contributed by atoms with E-state index in [9.17, 15) is 4.79 Å². The van der Waals surface area contributed by atoms with Gasteiger partial charge in [-0.05, 0) is 34.5 Å². The molecular weight excluding hydrogens is 314 g/mol. The number of hydrogen-bond donors (Lipinski definition) is 2. The molecule has 0 fully saturated rings. The maximum atomic E-state index is 11.3. The second-order valence-corrected chi connectivity index (χ2v) is 6.14. The van der Waals surface area contributed by atoms with Gasteiger partial charge in [-0.2, -0.15) is 0 Å². The molecule has 1 heterocycles. The predicted octanol–water partition coefficient (Wildman–Crippen LogP) is 2.18. The smallest absolute Gasteiger partial charge is 0.234 e. The zero-order valence-corrected chi connectivity index (χ0v) is 12.9. The van der Waals surface area contributed by atoms with Crippen LogP contribution in [0.1, 0.15) is 20.3 Å². The SMILES string of the molecule is CC(C)NC(CCSc1ncccc1Br)C(N)=O. The number of nitrogens with one attached hydrogen (secondary N) is 1. The molecule has 1 atom stereocenters. The molecular formula is C12H18BrN3OS. The fourth-order valence-electron chi connectivity index (χ4n) is 1.46. The summed E-state index contributed by atoms with van der Waals surface area (Å²) in [4.78, 5) is 15.5. The minimum atomic E-state index is -0.301. The third kappa shape index (κ3) is 5.37. The van der Waals surface area contributed by atoms with Crippen LogP contribution in [0.25, 0.3) is 0 Å². The van der Waals surface area contributed by atoms with Crippen LogP contribution in [-0.4, -0.2) is 28.7 Å². The molecule has 1 unspecified atom stereocenters. The number of aromatic nitrogens is 1. The van der Waals surface area contributed by atoms with Crippen molar-refractivity contribution >= 4 is 33.6 Å². The zero-order chi connectivity index (χ0) is 13.5. The average molecular weight is 332 g/mol. The Morgan fingerprint density at radius 2 is 2.33 bits per heavy atom. The first-order valence-electron chi connectivity index (χ1n) is 5.79. The van der Waals surface area contributed by atoms with Crippen molar-refractivity contribution in [3.8, 4) is 0 Å². The minimum absolute atomic E-state index is 0.245. The van der Waals surface area contributed by atoms with Crippen LogP contribution in [0.4, 0.5) is 0 Å². The highest BCUT2D eigenvalue weighted by atomic mass is 79.9. The van der Waals surface area contributed by atoms with E-state index in [-0.39, 0.29) is 18.0 Å². The Morgan fingerprint density at radius 3 is 2.89 bits per heavy atom. The van der Waals surface area contributed by atoms with Gasteiger partial charge in [-0.1, -0.05) is 13.8 Å². The van der Waals surface area contributed by atoms with Gasteiger partial charge in [-0.3, -0.25) is 4.79 Å². The van der Waals surface area contributed by atoms with Gasteiger partial charge in [0.15, 0.2) is 0 Å². The lowest BCUT2D eigenvalue weighted by Crippen LogP contribution is -2.44. The largest absolute Gasteiger partial charge is 0.368 e. The number of rotatable bonds is 7. The molecule has 3 N–H and O–H groups in total. The number of halogens is 1. The second-order valence-electron chi connectivity index (χ2n) is 4.20. The van der Waals surface area contributed by atoms with Gasteiger partial charge >= 0.3 is 0 Å². The second kappa shape index (κ2) is 7.76. The van der Waals surface area contributed by atoms with Crippen molar-refractivity contribution in [3.05, 3.63) is 22.8 Å². The van der Waals surface area contributed by atoms with E-state index in [2.05, 4.69) is 26.2 Å². The third-order valence-corrected chi connectivity index (χ3v) is 4.19. The summed E-state index contributed by atoms with van der Waals surface area (Å²) in [5, 5.41) is 4.10. The normalized spacial score (nSPS) is 12.7. The Balaban J connectivity index is 2.44. The topological polar surface area (TPSA) is 68.0 Å². The summed E-state index contributed by atoms with van der Waals surface area (Å²) < 4.78 is 0.974.